The van der Waals surface area contributed by atoms with Crippen LogP contribution in [0.5, 0.6) is 5.75 Å². The summed E-state index contributed by atoms with van der Waals surface area (Å²) in [5.41, 5.74) is 4.40. The Morgan fingerprint density at radius 2 is 1.27 bits per heavy atom. The van der Waals surface area contributed by atoms with Crippen molar-refractivity contribution in [3.05, 3.63) is 90.0 Å². The SMILES string of the molecule is CC(=O)Oc1c(-c2ccc(C)cc2)c2ccc(C)cc2c2cc3ccccc3cc12. The van der Waals surface area contributed by atoms with Crippen molar-refractivity contribution in [2.75, 3.05) is 0 Å². The Morgan fingerprint density at radius 1 is 0.667 bits per heavy atom. The molecule has 0 heterocycles. The second kappa shape index (κ2) is 7.00. The Balaban J connectivity index is 2.02. The normalized spacial score (nSPS) is 11.3. The Bertz CT molecular complexity index is 1440. The molecule has 146 valence electrons. The molecule has 2 nitrogen and oxygen atoms in total. The van der Waals surface area contributed by atoms with Gasteiger partial charge in [-0.05, 0) is 58.5 Å². The lowest BCUT2D eigenvalue weighted by molar-refractivity contribution is -0.131. The third-order valence-electron chi connectivity index (χ3n) is 5.68. The van der Waals surface area contributed by atoms with Crippen molar-refractivity contribution >= 4 is 38.3 Å². The average molecular weight is 390 g/mol. The van der Waals surface area contributed by atoms with E-state index < -0.39 is 0 Å². The molecule has 0 aliphatic carbocycles. The minimum absolute atomic E-state index is 0.315. The Morgan fingerprint density at radius 3 is 1.93 bits per heavy atom. The smallest absolute Gasteiger partial charge is 0.308 e. The van der Waals surface area contributed by atoms with Gasteiger partial charge in [0.25, 0.3) is 0 Å². The minimum Gasteiger partial charge on any atom is -0.425 e. The highest BCUT2D eigenvalue weighted by Gasteiger charge is 2.19. The summed E-state index contributed by atoms with van der Waals surface area (Å²) in [6.45, 7) is 5.65. The van der Waals surface area contributed by atoms with Crippen LogP contribution >= 0.6 is 0 Å². The number of hydrogen-bond acceptors (Lipinski definition) is 2. The minimum atomic E-state index is -0.315. The van der Waals surface area contributed by atoms with E-state index in [1.54, 1.807) is 0 Å². The molecule has 30 heavy (non-hydrogen) atoms. The summed E-state index contributed by atoms with van der Waals surface area (Å²) in [6.07, 6.45) is 0. The maximum Gasteiger partial charge on any atom is 0.308 e. The summed E-state index contributed by atoms with van der Waals surface area (Å²) in [4.78, 5) is 12.1. The van der Waals surface area contributed by atoms with Gasteiger partial charge in [0.1, 0.15) is 5.75 Å². The number of ether oxygens (including phenoxy) is 1. The molecule has 0 atom stereocenters. The molecule has 2 heteroatoms. The van der Waals surface area contributed by atoms with Crippen LogP contribution in [-0.4, -0.2) is 5.97 Å². The van der Waals surface area contributed by atoms with Gasteiger partial charge in [-0.3, -0.25) is 4.79 Å². The molecule has 0 aromatic heterocycles. The number of hydrogen-bond donors (Lipinski definition) is 0. The number of rotatable bonds is 2. The number of benzene rings is 5. The van der Waals surface area contributed by atoms with E-state index in [0.717, 1.165) is 32.7 Å². The van der Waals surface area contributed by atoms with Gasteiger partial charge in [-0.2, -0.15) is 0 Å². The number of carbonyl (C=O) groups is 1. The van der Waals surface area contributed by atoms with E-state index in [1.165, 1.54) is 28.8 Å². The summed E-state index contributed by atoms with van der Waals surface area (Å²) in [5, 5.41) is 6.60. The fourth-order valence-corrected chi connectivity index (χ4v) is 4.26. The van der Waals surface area contributed by atoms with Gasteiger partial charge in [-0.25, -0.2) is 0 Å². The molecule has 0 amide bonds. The zero-order chi connectivity index (χ0) is 20.8. The molecule has 0 saturated carbocycles. The molecule has 0 N–H and O–H groups in total. The molecule has 0 aliphatic heterocycles. The number of aryl methyl sites for hydroxylation is 2. The summed E-state index contributed by atoms with van der Waals surface area (Å²) in [5.74, 6) is 0.313. The highest BCUT2D eigenvalue weighted by Crippen LogP contribution is 2.45. The standard InChI is InChI=1S/C28H22O2/c1-17-8-11-20(12-9-17)27-23-13-10-18(2)14-24(23)25-15-21-6-4-5-7-22(21)16-26(25)28(27)30-19(3)29/h4-16H,1-3H3. The molecule has 0 saturated heterocycles. The highest BCUT2D eigenvalue weighted by atomic mass is 16.5. The van der Waals surface area contributed by atoms with Crippen molar-refractivity contribution in [1.29, 1.82) is 0 Å². The number of carbonyl (C=O) groups excluding carboxylic acids is 1. The number of fused-ring (bicyclic) bond motifs is 4. The molecule has 0 spiro atoms. The second-order valence-corrected chi connectivity index (χ2v) is 7.96. The molecule has 5 aromatic rings. The zero-order valence-corrected chi connectivity index (χ0v) is 17.3. The van der Waals surface area contributed by atoms with Crippen LogP contribution in [0.1, 0.15) is 18.1 Å². The van der Waals surface area contributed by atoms with Gasteiger partial charge in [0.15, 0.2) is 0 Å². The maximum absolute atomic E-state index is 12.1. The van der Waals surface area contributed by atoms with E-state index in [9.17, 15) is 4.79 Å². The first-order chi connectivity index (χ1) is 14.5. The first-order valence-corrected chi connectivity index (χ1v) is 10.2. The van der Waals surface area contributed by atoms with E-state index in [1.807, 2.05) is 6.07 Å². The van der Waals surface area contributed by atoms with Crippen LogP contribution in [0.25, 0.3) is 43.4 Å². The Kier molecular flexibility index (Phi) is 4.29. The lowest BCUT2D eigenvalue weighted by atomic mass is 9.89. The highest BCUT2D eigenvalue weighted by molar-refractivity contribution is 6.20. The van der Waals surface area contributed by atoms with Crippen LogP contribution < -0.4 is 4.74 Å². The molecule has 5 aromatic carbocycles. The van der Waals surface area contributed by atoms with Crippen LogP contribution in [0, 0.1) is 13.8 Å². The van der Waals surface area contributed by atoms with E-state index in [4.69, 9.17) is 4.74 Å². The van der Waals surface area contributed by atoms with Crippen LogP contribution in [0.2, 0.25) is 0 Å². The van der Waals surface area contributed by atoms with Crippen LogP contribution in [0.4, 0.5) is 0 Å². The van der Waals surface area contributed by atoms with Crippen molar-refractivity contribution in [3.63, 3.8) is 0 Å². The fraction of sp³-hybridized carbons (Fsp3) is 0.107. The fourth-order valence-electron chi connectivity index (χ4n) is 4.26. The molecule has 0 fully saturated rings. The second-order valence-electron chi connectivity index (χ2n) is 7.96. The van der Waals surface area contributed by atoms with E-state index in [0.29, 0.717) is 5.75 Å². The van der Waals surface area contributed by atoms with Gasteiger partial charge in [0.05, 0.1) is 0 Å². The van der Waals surface area contributed by atoms with Crippen molar-refractivity contribution in [2.24, 2.45) is 0 Å². The Labute approximate surface area is 175 Å². The van der Waals surface area contributed by atoms with E-state index in [-0.39, 0.29) is 5.97 Å². The van der Waals surface area contributed by atoms with Crippen molar-refractivity contribution < 1.29 is 9.53 Å². The molecule has 0 radical (unpaired) electrons. The van der Waals surface area contributed by atoms with Gasteiger partial charge < -0.3 is 4.74 Å². The Hall–Kier alpha value is -3.65. The summed E-state index contributed by atoms with van der Waals surface area (Å²) in [7, 11) is 0. The third-order valence-corrected chi connectivity index (χ3v) is 5.68. The molecular weight excluding hydrogens is 368 g/mol. The van der Waals surface area contributed by atoms with Crippen LogP contribution in [0.15, 0.2) is 78.9 Å². The quantitative estimate of drug-likeness (QED) is 0.136. The number of esters is 1. The predicted octanol–water partition coefficient (Wildman–Crippen LogP) is 7.36. The molecule has 0 bridgehead atoms. The van der Waals surface area contributed by atoms with Crippen molar-refractivity contribution in [3.8, 4) is 16.9 Å². The van der Waals surface area contributed by atoms with Gasteiger partial charge in [0, 0.05) is 17.9 Å². The molecule has 5 rings (SSSR count). The van der Waals surface area contributed by atoms with Gasteiger partial charge >= 0.3 is 5.97 Å². The summed E-state index contributed by atoms with van der Waals surface area (Å²) in [6, 6.07) is 27.5. The molecular formula is C28H22O2. The average Bonchev–Trinajstić information content (AvgIpc) is 2.73. The lowest BCUT2D eigenvalue weighted by Gasteiger charge is -2.18. The monoisotopic (exact) mass is 390 g/mol. The zero-order valence-electron chi connectivity index (χ0n) is 17.3. The molecule has 0 aliphatic rings. The topological polar surface area (TPSA) is 26.3 Å². The van der Waals surface area contributed by atoms with Gasteiger partial charge in [-0.1, -0.05) is 77.9 Å². The lowest BCUT2D eigenvalue weighted by Crippen LogP contribution is -2.04. The summed E-state index contributed by atoms with van der Waals surface area (Å²) < 4.78 is 5.89. The third kappa shape index (κ3) is 3.02. The summed E-state index contributed by atoms with van der Waals surface area (Å²) >= 11 is 0. The van der Waals surface area contributed by atoms with Gasteiger partial charge in [0.2, 0.25) is 0 Å². The predicted molar refractivity (Wildman–Crippen MR) is 125 cm³/mol. The van der Waals surface area contributed by atoms with Crippen LogP contribution in [-0.2, 0) is 4.79 Å². The van der Waals surface area contributed by atoms with Crippen molar-refractivity contribution in [1.82, 2.24) is 0 Å². The van der Waals surface area contributed by atoms with E-state index >= 15 is 0 Å². The van der Waals surface area contributed by atoms with Crippen molar-refractivity contribution in [2.45, 2.75) is 20.8 Å². The first-order valence-electron chi connectivity index (χ1n) is 10.2. The van der Waals surface area contributed by atoms with Crippen LogP contribution in [0.3, 0.4) is 0 Å². The molecule has 0 unspecified atom stereocenters. The van der Waals surface area contributed by atoms with E-state index in [2.05, 4.69) is 86.6 Å². The maximum atomic E-state index is 12.1. The largest absolute Gasteiger partial charge is 0.425 e. The van der Waals surface area contributed by atoms with Gasteiger partial charge in [-0.15, -0.1) is 0 Å². The first kappa shape index (κ1) is 18.4.